The molecule has 0 radical (unpaired) electrons. The van der Waals surface area contributed by atoms with Crippen LogP contribution in [-0.2, 0) is 0 Å². The molecule has 4 aromatic carbocycles. The van der Waals surface area contributed by atoms with Gasteiger partial charge in [0, 0.05) is 40.9 Å². The molecule has 0 aromatic heterocycles. The number of hydrogen-bond donors (Lipinski definition) is 1. The van der Waals surface area contributed by atoms with Gasteiger partial charge in [-0.25, -0.2) is 0 Å². The average Bonchev–Trinajstić information content (AvgIpc) is 3.37. The van der Waals surface area contributed by atoms with Gasteiger partial charge in [0.25, 0.3) is 0 Å². The van der Waals surface area contributed by atoms with Crippen LogP contribution >= 0.6 is 0 Å². The van der Waals surface area contributed by atoms with E-state index in [-0.39, 0.29) is 6.04 Å². The molecule has 1 N–H and O–H groups in total. The summed E-state index contributed by atoms with van der Waals surface area (Å²) in [5.74, 6) is 0.292. The van der Waals surface area contributed by atoms with Crippen molar-refractivity contribution in [2.75, 3.05) is 16.3 Å². The highest BCUT2D eigenvalue weighted by molar-refractivity contribution is 5.87. The zero-order valence-electron chi connectivity index (χ0n) is 22.0. The summed E-state index contributed by atoms with van der Waals surface area (Å²) in [5.41, 5.74) is 9.57. The number of hydrogen-bond acceptors (Lipinski definition) is 4. The van der Waals surface area contributed by atoms with Crippen LogP contribution in [0.15, 0.2) is 145 Å². The summed E-state index contributed by atoms with van der Waals surface area (Å²) in [7, 11) is 0. The Bertz CT molecular complexity index is 1680. The van der Waals surface area contributed by atoms with Crippen LogP contribution in [0.1, 0.15) is 17.0 Å². The third kappa shape index (κ3) is 4.09. The second-order valence-electron chi connectivity index (χ2n) is 10.2. The van der Waals surface area contributed by atoms with Gasteiger partial charge in [0.05, 0.1) is 17.7 Å². The molecular formula is C36H28N4. The van der Waals surface area contributed by atoms with Crippen molar-refractivity contribution in [1.82, 2.24) is 5.32 Å². The summed E-state index contributed by atoms with van der Waals surface area (Å²) in [5, 5.41) is 13.3. The van der Waals surface area contributed by atoms with Gasteiger partial charge in [0.2, 0.25) is 0 Å². The number of allylic oxidation sites excluding steroid dienone is 4. The zero-order valence-corrected chi connectivity index (χ0v) is 22.0. The lowest BCUT2D eigenvalue weighted by atomic mass is 9.91. The lowest BCUT2D eigenvalue weighted by Crippen LogP contribution is -2.29. The molecular weight excluding hydrogens is 488 g/mol. The number of fused-ring (bicyclic) bond motifs is 3. The molecule has 0 saturated heterocycles. The molecule has 4 heteroatoms. The summed E-state index contributed by atoms with van der Waals surface area (Å²) in [4.78, 5) is 4.75. The van der Waals surface area contributed by atoms with E-state index in [4.69, 9.17) is 0 Å². The molecule has 2 unspecified atom stereocenters. The fourth-order valence-electron chi connectivity index (χ4n) is 6.09. The maximum atomic E-state index is 10.00. The van der Waals surface area contributed by atoms with Crippen LogP contribution in [0.2, 0.25) is 0 Å². The number of anilines is 5. The highest BCUT2D eigenvalue weighted by Crippen LogP contribution is 2.49. The maximum absolute atomic E-state index is 10.00. The van der Waals surface area contributed by atoms with Crippen LogP contribution < -0.4 is 15.1 Å². The maximum Gasteiger partial charge on any atom is 0.0996 e. The Morgan fingerprint density at radius 1 is 0.775 bits per heavy atom. The molecule has 4 aromatic rings. The Morgan fingerprint density at radius 2 is 1.48 bits per heavy atom. The number of nitrogens with zero attached hydrogens (tertiary/aromatic N) is 3. The van der Waals surface area contributed by atoms with Crippen LogP contribution in [0.25, 0.3) is 5.57 Å². The minimum atomic E-state index is 0.182. The SMILES string of the molecule is N#CC1=C(c2cc(N(c3ccccc3)c3ccccc3)cc(N3c4ccccc4C4C=CC=CC43)c2)CNC=C1. The van der Waals surface area contributed by atoms with E-state index in [0.29, 0.717) is 18.0 Å². The van der Waals surface area contributed by atoms with Crippen molar-refractivity contribution < 1.29 is 0 Å². The van der Waals surface area contributed by atoms with Crippen molar-refractivity contribution in [2.45, 2.75) is 12.0 Å². The molecule has 0 bridgehead atoms. The predicted molar refractivity (Wildman–Crippen MR) is 164 cm³/mol. The normalized spacial score (nSPS) is 18.6. The summed E-state index contributed by atoms with van der Waals surface area (Å²) >= 11 is 0. The van der Waals surface area contributed by atoms with E-state index in [9.17, 15) is 5.26 Å². The topological polar surface area (TPSA) is 42.3 Å². The Kier molecular flexibility index (Phi) is 6.03. The first-order valence-electron chi connectivity index (χ1n) is 13.6. The fourth-order valence-corrected chi connectivity index (χ4v) is 6.09. The van der Waals surface area contributed by atoms with E-state index in [1.807, 2.05) is 24.4 Å². The number of nitriles is 1. The highest BCUT2D eigenvalue weighted by atomic mass is 15.2. The van der Waals surface area contributed by atoms with Gasteiger partial charge in [0.1, 0.15) is 0 Å². The van der Waals surface area contributed by atoms with Crippen LogP contribution in [-0.4, -0.2) is 12.6 Å². The number of dihydropyridines is 1. The molecule has 0 fully saturated rings. The van der Waals surface area contributed by atoms with Crippen molar-refractivity contribution in [1.29, 1.82) is 5.26 Å². The third-order valence-corrected chi connectivity index (χ3v) is 7.87. The molecule has 2 atom stereocenters. The first-order valence-corrected chi connectivity index (χ1v) is 13.6. The van der Waals surface area contributed by atoms with Crippen molar-refractivity contribution in [3.05, 3.63) is 156 Å². The lowest BCUT2D eigenvalue weighted by molar-refractivity contribution is 0.744. The van der Waals surface area contributed by atoms with Gasteiger partial charge in [0.15, 0.2) is 0 Å². The molecule has 40 heavy (non-hydrogen) atoms. The largest absolute Gasteiger partial charge is 0.387 e. The lowest BCUT2D eigenvalue weighted by Gasteiger charge is -2.32. The number of para-hydroxylation sites is 3. The summed E-state index contributed by atoms with van der Waals surface area (Å²) in [6.07, 6.45) is 12.6. The van der Waals surface area contributed by atoms with E-state index in [1.165, 1.54) is 11.3 Å². The molecule has 0 amide bonds. The van der Waals surface area contributed by atoms with Gasteiger partial charge in [-0.05, 0) is 77.5 Å². The van der Waals surface area contributed by atoms with E-state index in [1.54, 1.807) is 0 Å². The van der Waals surface area contributed by atoms with Gasteiger partial charge < -0.3 is 15.1 Å². The Labute approximate surface area is 235 Å². The summed E-state index contributed by atoms with van der Waals surface area (Å²) in [6.45, 7) is 0.601. The van der Waals surface area contributed by atoms with E-state index in [2.05, 4.69) is 136 Å². The van der Waals surface area contributed by atoms with Crippen LogP contribution in [0, 0.1) is 11.3 Å². The number of nitrogens with one attached hydrogen (secondary N) is 1. The summed E-state index contributed by atoms with van der Waals surface area (Å²) < 4.78 is 0. The third-order valence-electron chi connectivity index (χ3n) is 7.87. The molecule has 2 heterocycles. The monoisotopic (exact) mass is 516 g/mol. The molecule has 192 valence electrons. The molecule has 4 nitrogen and oxygen atoms in total. The second-order valence-corrected chi connectivity index (χ2v) is 10.2. The van der Waals surface area contributed by atoms with E-state index < -0.39 is 0 Å². The Balaban J connectivity index is 1.48. The summed E-state index contributed by atoms with van der Waals surface area (Å²) in [6, 6.07) is 39.0. The van der Waals surface area contributed by atoms with Gasteiger partial charge in [-0.1, -0.05) is 78.9 Å². The number of benzene rings is 4. The van der Waals surface area contributed by atoms with Crippen LogP contribution in [0.4, 0.5) is 28.4 Å². The Hall–Kier alpha value is -5.27. The first-order chi connectivity index (χ1) is 19.8. The standard InChI is InChI=1S/C36H28N4/c37-24-26-19-20-38-25-34(26)27-21-30(39(28-11-3-1-4-12-28)29-13-5-2-6-14-29)23-31(22-27)40-35-17-9-7-15-32(35)33-16-8-10-18-36(33)40/h1-23,32,35,38H,25H2. The molecule has 1 aliphatic carbocycles. The van der Waals surface area contributed by atoms with Gasteiger partial charge in [-0.2, -0.15) is 5.26 Å². The second kappa shape index (κ2) is 10.1. The van der Waals surface area contributed by atoms with Crippen molar-refractivity contribution in [2.24, 2.45) is 0 Å². The molecule has 2 aliphatic heterocycles. The van der Waals surface area contributed by atoms with Crippen LogP contribution in [0.3, 0.4) is 0 Å². The molecule has 3 aliphatic rings. The average molecular weight is 517 g/mol. The van der Waals surface area contributed by atoms with Gasteiger partial charge in [-0.3, -0.25) is 0 Å². The minimum Gasteiger partial charge on any atom is -0.387 e. The fraction of sp³-hybridized carbons (Fsp3) is 0.0833. The predicted octanol–water partition coefficient (Wildman–Crippen LogP) is 8.28. The number of rotatable bonds is 5. The highest BCUT2D eigenvalue weighted by Gasteiger charge is 2.37. The van der Waals surface area contributed by atoms with Crippen molar-refractivity contribution in [3.8, 4) is 6.07 Å². The molecule has 7 rings (SSSR count). The molecule has 0 saturated carbocycles. The first kappa shape index (κ1) is 23.8. The van der Waals surface area contributed by atoms with E-state index >= 15 is 0 Å². The van der Waals surface area contributed by atoms with E-state index in [0.717, 1.165) is 33.9 Å². The van der Waals surface area contributed by atoms with Crippen molar-refractivity contribution in [3.63, 3.8) is 0 Å². The smallest absolute Gasteiger partial charge is 0.0996 e. The van der Waals surface area contributed by atoms with Crippen molar-refractivity contribution >= 4 is 34.0 Å². The zero-order chi connectivity index (χ0) is 26.9. The quantitative estimate of drug-likeness (QED) is 0.290. The van der Waals surface area contributed by atoms with Crippen LogP contribution in [0.5, 0.6) is 0 Å². The van der Waals surface area contributed by atoms with Gasteiger partial charge >= 0.3 is 0 Å². The molecule has 0 spiro atoms. The Morgan fingerprint density at radius 3 is 2.23 bits per heavy atom. The minimum absolute atomic E-state index is 0.182. The van der Waals surface area contributed by atoms with Gasteiger partial charge in [-0.15, -0.1) is 0 Å².